The number of pyridine rings is 2. The lowest BCUT2D eigenvalue weighted by molar-refractivity contribution is -0.121. The van der Waals surface area contributed by atoms with Crippen LogP contribution in [0, 0.1) is 12.7 Å². The van der Waals surface area contributed by atoms with Crippen LogP contribution in [0.3, 0.4) is 0 Å². The van der Waals surface area contributed by atoms with E-state index in [0.717, 1.165) is 15.9 Å². The SMILES string of the molecule is Cc1ccc(N2COCN(C(C)C)/C=C(/C(=O)Nc3ccc(Oc4ccnc(Nc5ccc(S(=O)(=O)N(C)C)cn5)c4)c(F)c3)C2=O)cc1. The van der Waals surface area contributed by atoms with Crippen molar-refractivity contribution in [3.63, 3.8) is 0 Å². The van der Waals surface area contributed by atoms with Gasteiger partial charge in [-0.05, 0) is 63.2 Å². The van der Waals surface area contributed by atoms with Crippen LogP contribution >= 0.6 is 0 Å². The molecule has 1 aliphatic heterocycles. The molecule has 0 atom stereocenters. The Bertz CT molecular complexity index is 1970. The highest BCUT2D eigenvalue weighted by Gasteiger charge is 2.29. The van der Waals surface area contributed by atoms with E-state index in [2.05, 4.69) is 20.6 Å². The smallest absolute Gasteiger partial charge is 0.267 e. The van der Waals surface area contributed by atoms with E-state index in [0.29, 0.717) is 17.3 Å². The summed E-state index contributed by atoms with van der Waals surface area (Å²) in [5.41, 5.74) is 1.55. The molecule has 256 valence electrons. The molecular formula is C34H36FN7O6S. The minimum absolute atomic E-state index is 0.0348. The number of nitrogens with one attached hydrogen (secondary N) is 2. The first-order chi connectivity index (χ1) is 23.3. The first-order valence-electron chi connectivity index (χ1n) is 15.2. The van der Waals surface area contributed by atoms with Crippen molar-refractivity contribution >= 4 is 44.8 Å². The first-order valence-corrected chi connectivity index (χ1v) is 16.6. The van der Waals surface area contributed by atoms with E-state index in [4.69, 9.17) is 9.47 Å². The molecule has 0 saturated carbocycles. The minimum atomic E-state index is -3.63. The number of nitrogens with zero attached hydrogens (tertiary/aromatic N) is 5. The highest BCUT2D eigenvalue weighted by atomic mass is 32.2. The van der Waals surface area contributed by atoms with Crippen molar-refractivity contribution in [3.05, 3.63) is 102 Å². The van der Waals surface area contributed by atoms with E-state index in [9.17, 15) is 18.0 Å². The number of aryl methyl sites for hydroxylation is 1. The molecule has 4 aromatic rings. The Morgan fingerprint density at radius 3 is 2.41 bits per heavy atom. The van der Waals surface area contributed by atoms with Crippen molar-refractivity contribution in [2.45, 2.75) is 31.7 Å². The van der Waals surface area contributed by atoms with Crippen molar-refractivity contribution in [2.75, 3.05) is 43.1 Å². The summed E-state index contributed by atoms with van der Waals surface area (Å²) in [6.45, 7) is 5.84. The normalized spacial score (nSPS) is 15.0. The number of rotatable bonds is 10. The largest absolute Gasteiger partial charge is 0.454 e. The Morgan fingerprint density at radius 2 is 1.76 bits per heavy atom. The zero-order chi connectivity index (χ0) is 35.3. The Balaban J connectivity index is 1.29. The zero-order valence-electron chi connectivity index (χ0n) is 27.5. The number of hydrogen-bond donors (Lipinski definition) is 2. The van der Waals surface area contributed by atoms with Gasteiger partial charge in [-0.25, -0.2) is 27.1 Å². The van der Waals surface area contributed by atoms with Crippen molar-refractivity contribution < 1.29 is 31.9 Å². The molecule has 0 spiro atoms. The number of hydrogen-bond acceptors (Lipinski definition) is 10. The summed E-state index contributed by atoms with van der Waals surface area (Å²) < 4.78 is 52.4. The van der Waals surface area contributed by atoms with Crippen LogP contribution in [-0.4, -0.2) is 73.0 Å². The fourth-order valence-corrected chi connectivity index (χ4v) is 5.40. The standard InChI is InChI=1S/C34H36FN7O6S/c1-22(2)41-19-28(34(44)42(21-47-20-41)25-9-6-23(3)7-10-25)33(43)38-24-8-12-30(29(35)16-24)48-26-14-15-36-32(17-26)39-31-13-11-27(18-37-31)49(45,46)40(4)5/h6-19,22H,20-21H2,1-5H3,(H,38,43)(H,36,37,39)/b28-19-. The fraction of sp³-hybridized carbons (Fsp3) is 0.235. The van der Waals surface area contributed by atoms with Crippen LogP contribution in [0.2, 0.25) is 0 Å². The van der Waals surface area contributed by atoms with Crippen molar-refractivity contribution in [3.8, 4) is 11.5 Å². The predicted octanol–water partition coefficient (Wildman–Crippen LogP) is 5.22. The van der Waals surface area contributed by atoms with Gasteiger partial charge in [-0.3, -0.25) is 14.5 Å². The van der Waals surface area contributed by atoms with E-state index in [-0.39, 0.29) is 47.2 Å². The molecule has 49 heavy (non-hydrogen) atoms. The summed E-state index contributed by atoms with van der Waals surface area (Å²) in [5.74, 6) is -1.28. The Kier molecular flexibility index (Phi) is 10.6. The second-order valence-electron chi connectivity index (χ2n) is 11.6. The van der Waals surface area contributed by atoms with Gasteiger partial charge >= 0.3 is 0 Å². The molecule has 2 amide bonds. The van der Waals surface area contributed by atoms with E-state index >= 15 is 4.39 Å². The molecule has 0 unspecified atom stereocenters. The maximum absolute atomic E-state index is 15.3. The van der Waals surface area contributed by atoms with Crippen molar-refractivity contribution in [1.29, 1.82) is 0 Å². The summed E-state index contributed by atoms with van der Waals surface area (Å²) in [4.78, 5) is 38.7. The number of anilines is 4. The molecule has 0 saturated heterocycles. The van der Waals surface area contributed by atoms with Crippen LogP contribution in [0.1, 0.15) is 19.4 Å². The molecule has 2 N–H and O–H groups in total. The van der Waals surface area contributed by atoms with Gasteiger partial charge in [-0.1, -0.05) is 17.7 Å². The quantitative estimate of drug-likeness (QED) is 0.213. The third kappa shape index (κ3) is 8.38. The highest BCUT2D eigenvalue weighted by Crippen LogP contribution is 2.29. The third-order valence-corrected chi connectivity index (χ3v) is 9.20. The second kappa shape index (κ2) is 14.8. The number of aromatic nitrogens is 2. The van der Waals surface area contributed by atoms with Crippen molar-refractivity contribution in [2.24, 2.45) is 0 Å². The number of carbonyl (C=O) groups excluding carboxylic acids is 2. The summed E-state index contributed by atoms with van der Waals surface area (Å²) in [6, 6.07) is 17.1. The van der Waals surface area contributed by atoms with E-state index in [1.165, 1.54) is 74.0 Å². The Labute approximate surface area is 284 Å². The summed E-state index contributed by atoms with van der Waals surface area (Å²) in [6.07, 6.45) is 4.13. The van der Waals surface area contributed by atoms with Gasteiger partial charge in [0.25, 0.3) is 11.8 Å². The van der Waals surface area contributed by atoms with Crippen LogP contribution in [0.5, 0.6) is 11.5 Å². The van der Waals surface area contributed by atoms with Crippen LogP contribution < -0.4 is 20.3 Å². The monoisotopic (exact) mass is 689 g/mol. The van der Waals surface area contributed by atoms with Gasteiger partial charge in [-0.15, -0.1) is 0 Å². The summed E-state index contributed by atoms with van der Waals surface area (Å²) in [7, 11) is -0.770. The van der Waals surface area contributed by atoms with Crippen LogP contribution in [0.25, 0.3) is 0 Å². The average Bonchev–Trinajstić information content (AvgIpc) is 3.05. The molecule has 5 rings (SSSR count). The zero-order valence-corrected chi connectivity index (χ0v) is 28.4. The Hall–Kier alpha value is -5.38. The number of amides is 2. The number of benzene rings is 2. The maximum atomic E-state index is 15.3. The Morgan fingerprint density at radius 1 is 1.00 bits per heavy atom. The lowest BCUT2D eigenvalue weighted by Gasteiger charge is -2.32. The molecule has 2 aromatic carbocycles. The summed E-state index contributed by atoms with van der Waals surface area (Å²) >= 11 is 0. The van der Waals surface area contributed by atoms with E-state index in [1.807, 2.05) is 32.9 Å². The highest BCUT2D eigenvalue weighted by molar-refractivity contribution is 7.89. The lowest BCUT2D eigenvalue weighted by atomic mass is 10.1. The maximum Gasteiger partial charge on any atom is 0.267 e. The van der Waals surface area contributed by atoms with Gasteiger partial charge in [0.1, 0.15) is 41.3 Å². The minimum Gasteiger partial charge on any atom is -0.454 e. The molecule has 0 bridgehead atoms. The molecule has 3 heterocycles. The van der Waals surface area contributed by atoms with Gasteiger partial charge in [-0.2, -0.15) is 0 Å². The molecule has 0 radical (unpaired) electrons. The predicted molar refractivity (Wildman–Crippen MR) is 182 cm³/mol. The lowest BCUT2D eigenvalue weighted by Crippen LogP contribution is -2.43. The van der Waals surface area contributed by atoms with E-state index in [1.54, 1.807) is 17.0 Å². The molecule has 2 aromatic heterocycles. The van der Waals surface area contributed by atoms with Gasteiger partial charge in [0.2, 0.25) is 10.0 Å². The van der Waals surface area contributed by atoms with Crippen LogP contribution in [0.4, 0.5) is 27.4 Å². The van der Waals surface area contributed by atoms with Gasteiger partial charge in [0.05, 0.1) is 0 Å². The average molecular weight is 690 g/mol. The molecule has 1 aliphatic rings. The first kappa shape index (κ1) is 34.9. The van der Waals surface area contributed by atoms with Gasteiger partial charge < -0.3 is 25.0 Å². The third-order valence-electron chi connectivity index (χ3n) is 7.40. The van der Waals surface area contributed by atoms with Gasteiger partial charge in [0.15, 0.2) is 11.6 Å². The topological polar surface area (TPSA) is 146 Å². The van der Waals surface area contributed by atoms with Crippen LogP contribution in [-0.2, 0) is 24.3 Å². The molecule has 0 aliphatic carbocycles. The molecule has 15 heteroatoms. The number of sulfonamides is 1. The molecule has 13 nitrogen and oxygen atoms in total. The van der Waals surface area contributed by atoms with Crippen LogP contribution in [0.15, 0.2) is 95.8 Å². The number of carbonyl (C=O) groups is 2. The summed E-state index contributed by atoms with van der Waals surface area (Å²) in [5, 5.41) is 5.59. The molecule has 0 fully saturated rings. The molecular weight excluding hydrogens is 653 g/mol. The van der Waals surface area contributed by atoms with Gasteiger partial charge in [0, 0.05) is 62.2 Å². The van der Waals surface area contributed by atoms with Crippen molar-refractivity contribution in [1.82, 2.24) is 19.2 Å². The fourth-order valence-electron chi connectivity index (χ4n) is 4.55. The number of halogens is 1. The van der Waals surface area contributed by atoms with E-state index < -0.39 is 27.7 Å². The second-order valence-corrected chi connectivity index (χ2v) is 13.7. The number of ether oxygens (including phenoxy) is 2.